The highest BCUT2D eigenvalue weighted by Gasteiger charge is 2.52. The Balaban J connectivity index is 2.56. The molecule has 0 spiro atoms. The van der Waals surface area contributed by atoms with Gasteiger partial charge in [0.2, 0.25) is 5.78 Å². The van der Waals surface area contributed by atoms with Gasteiger partial charge in [0.05, 0.1) is 19.1 Å². The third kappa shape index (κ3) is 2.81. The minimum atomic E-state index is -3.77. The van der Waals surface area contributed by atoms with E-state index in [2.05, 4.69) is 5.73 Å². The van der Waals surface area contributed by atoms with E-state index in [0.29, 0.717) is 12.1 Å². The summed E-state index contributed by atoms with van der Waals surface area (Å²) in [5.74, 6) is -2.25. The zero-order valence-electron chi connectivity index (χ0n) is 11.5. The number of nitrogens with zero attached hydrogens (tertiary/aromatic N) is 1. The third-order valence-electron chi connectivity index (χ3n) is 3.42. The first kappa shape index (κ1) is 15.6. The molecule has 0 radical (unpaired) electrons. The molecule has 0 aromatic heterocycles. The van der Waals surface area contributed by atoms with Crippen molar-refractivity contribution >= 4 is 21.5 Å². The molecule has 1 saturated heterocycles. The number of halogens is 1. The Morgan fingerprint density at radius 2 is 1.81 bits per heavy atom. The van der Waals surface area contributed by atoms with E-state index in [4.69, 9.17) is 0 Å². The number of hydrogen-bond donors (Lipinski definition) is 1. The fraction of sp³-hybridized carbons (Fsp3) is 0.385. The molecule has 1 aliphatic heterocycles. The zero-order valence-corrected chi connectivity index (χ0v) is 12.3. The zero-order chi connectivity index (χ0) is 15.8. The molecule has 0 saturated carbocycles. The quantitative estimate of drug-likeness (QED) is 0.715. The molecule has 6 nitrogen and oxygen atoms in total. The van der Waals surface area contributed by atoms with Gasteiger partial charge in [-0.05, 0) is 17.7 Å². The fourth-order valence-corrected chi connectivity index (χ4v) is 3.81. The molecule has 3 N–H and O–H groups in total. The van der Waals surface area contributed by atoms with E-state index >= 15 is 0 Å². The van der Waals surface area contributed by atoms with Crippen LogP contribution in [0.3, 0.4) is 0 Å². The molecule has 1 aromatic rings. The van der Waals surface area contributed by atoms with Crippen molar-refractivity contribution < 1.29 is 28.1 Å². The van der Waals surface area contributed by atoms with E-state index in [0.717, 1.165) is 6.26 Å². The molecule has 2 rings (SSSR count). The van der Waals surface area contributed by atoms with Gasteiger partial charge >= 0.3 is 0 Å². The molecule has 8 heteroatoms. The van der Waals surface area contributed by atoms with Crippen molar-refractivity contribution in [3.05, 3.63) is 35.6 Å². The first-order chi connectivity index (χ1) is 9.77. The number of sulfone groups is 1. The number of benzene rings is 1. The summed E-state index contributed by atoms with van der Waals surface area (Å²) in [7, 11) is -3.77. The molecule has 1 amide bonds. The summed E-state index contributed by atoms with van der Waals surface area (Å²) in [5.41, 5.74) is 4.04. The molecular weight excluding hydrogens is 299 g/mol. The number of Topliss-reactive ketones (excluding diaryl/α,β-unsaturated/α-hetero) is 1. The van der Waals surface area contributed by atoms with E-state index in [1.165, 1.54) is 29.2 Å². The molecule has 0 unspecified atom stereocenters. The van der Waals surface area contributed by atoms with Gasteiger partial charge in [0.1, 0.15) is 5.82 Å². The smallest absolute Gasteiger partial charge is 0.292 e. The monoisotopic (exact) mass is 315 g/mol. The molecule has 1 heterocycles. The lowest BCUT2D eigenvalue weighted by molar-refractivity contribution is -0.368. The van der Waals surface area contributed by atoms with Gasteiger partial charge < -0.3 is 10.6 Å². The summed E-state index contributed by atoms with van der Waals surface area (Å²) in [6.07, 6.45) is 0.924. The standard InChI is InChI=1S/C13H15FN2O4S/c1-21(19,20)12-10(8-2-4-9(14)5-3-8)16(7-6-15)13(18)11(12)17/h2-5,10,12H,6-7,15H2,1H3/p+1/t10-,12+/m1/s1. The maximum absolute atomic E-state index is 13.0. The normalized spacial score (nSPS) is 22.9. The Hall–Kier alpha value is -1.80. The Morgan fingerprint density at radius 3 is 2.29 bits per heavy atom. The van der Waals surface area contributed by atoms with Crippen LogP contribution in [0, 0.1) is 5.82 Å². The molecule has 2 atom stereocenters. The second-order valence-electron chi connectivity index (χ2n) is 4.96. The molecule has 21 heavy (non-hydrogen) atoms. The lowest BCUT2D eigenvalue weighted by atomic mass is 10.0. The van der Waals surface area contributed by atoms with Gasteiger partial charge in [-0.3, -0.25) is 9.59 Å². The van der Waals surface area contributed by atoms with Gasteiger partial charge in [-0.15, -0.1) is 0 Å². The lowest BCUT2D eigenvalue weighted by Gasteiger charge is -2.25. The van der Waals surface area contributed by atoms with E-state index in [1.807, 2.05) is 0 Å². The number of likely N-dealkylation sites (tertiary alicyclic amines) is 1. The van der Waals surface area contributed by atoms with Crippen molar-refractivity contribution in [1.82, 2.24) is 4.90 Å². The van der Waals surface area contributed by atoms with E-state index in [1.54, 1.807) is 0 Å². The first-order valence-corrected chi connectivity index (χ1v) is 8.31. The summed E-state index contributed by atoms with van der Waals surface area (Å²) in [6, 6.07) is 4.19. The predicted octanol–water partition coefficient (Wildman–Crippen LogP) is -1.07. The van der Waals surface area contributed by atoms with Crippen LogP contribution in [0.4, 0.5) is 4.39 Å². The number of ketones is 1. The number of quaternary nitrogens is 1. The summed E-state index contributed by atoms with van der Waals surface area (Å²) < 4.78 is 36.8. The van der Waals surface area contributed by atoms with Gasteiger partial charge in [-0.2, -0.15) is 0 Å². The Labute approximate surface area is 121 Å². The molecule has 114 valence electrons. The number of hydrogen-bond acceptors (Lipinski definition) is 4. The Bertz CT molecular complexity index is 672. The van der Waals surface area contributed by atoms with E-state index in [9.17, 15) is 22.4 Å². The highest BCUT2D eigenvalue weighted by Crippen LogP contribution is 2.35. The Morgan fingerprint density at radius 1 is 1.24 bits per heavy atom. The lowest BCUT2D eigenvalue weighted by Crippen LogP contribution is -2.55. The minimum Gasteiger partial charge on any atom is -0.356 e. The van der Waals surface area contributed by atoms with Crippen LogP contribution in [-0.4, -0.2) is 49.6 Å². The van der Waals surface area contributed by atoms with Crippen LogP contribution in [-0.2, 0) is 19.4 Å². The average Bonchev–Trinajstić information content (AvgIpc) is 2.65. The second kappa shape index (κ2) is 5.53. The van der Waals surface area contributed by atoms with Crippen LogP contribution in [0.1, 0.15) is 11.6 Å². The number of carbonyl (C=O) groups excluding carboxylic acids is 2. The fourth-order valence-electron chi connectivity index (χ4n) is 2.55. The third-order valence-corrected chi connectivity index (χ3v) is 4.82. The largest absolute Gasteiger partial charge is 0.356 e. The van der Waals surface area contributed by atoms with Crippen LogP contribution < -0.4 is 5.73 Å². The summed E-state index contributed by atoms with van der Waals surface area (Å²) in [5, 5.41) is -1.46. The van der Waals surface area contributed by atoms with Crippen molar-refractivity contribution in [2.24, 2.45) is 0 Å². The van der Waals surface area contributed by atoms with Crippen molar-refractivity contribution in [2.45, 2.75) is 11.3 Å². The highest BCUT2D eigenvalue weighted by molar-refractivity contribution is 7.92. The van der Waals surface area contributed by atoms with Gasteiger partial charge in [-0.1, -0.05) is 12.1 Å². The van der Waals surface area contributed by atoms with Crippen molar-refractivity contribution in [2.75, 3.05) is 19.3 Å². The molecule has 0 aliphatic carbocycles. The topological polar surface area (TPSA) is 99.2 Å². The van der Waals surface area contributed by atoms with Gasteiger partial charge in [-0.25, -0.2) is 12.8 Å². The molecule has 1 aliphatic rings. The van der Waals surface area contributed by atoms with Gasteiger partial charge in [0.25, 0.3) is 5.91 Å². The molecular formula is C13H16FN2O4S+. The highest BCUT2D eigenvalue weighted by atomic mass is 32.2. The number of carbonyl (C=O) groups is 2. The Kier molecular flexibility index (Phi) is 4.11. The summed E-state index contributed by atoms with van der Waals surface area (Å²) in [6.45, 7) is 0.506. The van der Waals surface area contributed by atoms with Crippen molar-refractivity contribution in [3.8, 4) is 0 Å². The maximum atomic E-state index is 13.0. The minimum absolute atomic E-state index is 0.165. The predicted molar refractivity (Wildman–Crippen MR) is 72.2 cm³/mol. The molecule has 1 aromatic carbocycles. The van der Waals surface area contributed by atoms with Gasteiger partial charge in [0, 0.05) is 6.26 Å². The second-order valence-corrected chi connectivity index (χ2v) is 7.13. The van der Waals surface area contributed by atoms with Crippen LogP contribution in [0.15, 0.2) is 24.3 Å². The summed E-state index contributed by atoms with van der Waals surface area (Å²) in [4.78, 5) is 25.2. The summed E-state index contributed by atoms with van der Waals surface area (Å²) >= 11 is 0. The van der Waals surface area contributed by atoms with Crippen molar-refractivity contribution in [3.63, 3.8) is 0 Å². The maximum Gasteiger partial charge on any atom is 0.292 e. The average molecular weight is 315 g/mol. The van der Waals surface area contributed by atoms with Crippen LogP contribution in [0.25, 0.3) is 0 Å². The van der Waals surface area contributed by atoms with Crippen LogP contribution in [0.2, 0.25) is 0 Å². The van der Waals surface area contributed by atoms with E-state index < -0.39 is 38.6 Å². The van der Waals surface area contributed by atoms with Gasteiger partial charge in [0.15, 0.2) is 15.1 Å². The van der Waals surface area contributed by atoms with Crippen molar-refractivity contribution in [1.29, 1.82) is 0 Å². The first-order valence-electron chi connectivity index (χ1n) is 6.35. The van der Waals surface area contributed by atoms with Crippen LogP contribution >= 0.6 is 0 Å². The SMILES string of the molecule is CS(=O)(=O)[C@@H]1C(=O)C(=O)N(CC[NH3+])[C@@H]1c1ccc(F)cc1. The molecule has 1 fully saturated rings. The molecule has 0 bridgehead atoms. The van der Waals surface area contributed by atoms with E-state index in [-0.39, 0.29) is 6.54 Å². The number of amides is 1. The van der Waals surface area contributed by atoms with Crippen LogP contribution in [0.5, 0.6) is 0 Å². The number of rotatable bonds is 4.